The third-order valence-corrected chi connectivity index (χ3v) is 3.21. The summed E-state index contributed by atoms with van der Waals surface area (Å²) >= 11 is 5.88. The van der Waals surface area contributed by atoms with Crippen LogP contribution in [0.25, 0.3) is 5.57 Å². The summed E-state index contributed by atoms with van der Waals surface area (Å²) < 4.78 is 10.3. The summed E-state index contributed by atoms with van der Waals surface area (Å²) in [5.74, 6) is 0.480. The Balaban J connectivity index is 2.34. The number of ether oxygens (including phenoxy) is 2. The third kappa shape index (κ3) is 3.64. The molecule has 0 bridgehead atoms. The number of benzene rings is 2. The van der Waals surface area contributed by atoms with E-state index in [-0.39, 0.29) is 0 Å². The molecule has 0 atom stereocenters. The first kappa shape index (κ1) is 15.1. The van der Waals surface area contributed by atoms with E-state index < -0.39 is 5.97 Å². The van der Waals surface area contributed by atoms with Crippen LogP contribution in [0.1, 0.15) is 18.1 Å². The molecule has 0 saturated heterocycles. The molecule has 0 saturated carbocycles. The normalized spacial score (nSPS) is 10.0. The van der Waals surface area contributed by atoms with Crippen LogP contribution in [0.15, 0.2) is 49.0 Å². The van der Waals surface area contributed by atoms with E-state index in [2.05, 4.69) is 6.58 Å². The topological polar surface area (TPSA) is 35.5 Å². The zero-order valence-corrected chi connectivity index (χ0v) is 12.6. The number of rotatable bonds is 4. The lowest BCUT2D eigenvalue weighted by molar-refractivity contribution is -0.132. The summed E-state index contributed by atoms with van der Waals surface area (Å²) in [4.78, 5) is 11.0. The molecule has 0 radical (unpaired) electrons. The standard InChI is InChI=1S/C17H15ClO3/c1-11(13-4-7-15(18)8-5-13)14-6-9-16(21-12(2)19)17(10-14)20-3/h4-10H,1H2,2-3H3. The first-order valence-electron chi connectivity index (χ1n) is 6.33. The molecule has 0 amide bonds. The smallest absolute Gasteiger partial charge is 0.308 e. The van der Waals surface area contributed by atoms with Gasteiger partial charge in [-0.2, -0.15) is 0 Å². The maximum atomic E-state index is 11.0. The maximum absolute atomic E-state index is 11.0. The van der Waals surface area contributed by atoms with Crippen molar-refractivity contribution in [2.75, 3.05) is 7.11 Å². The van der Waals surface area contributed by atoms with Crippen molar-refractivity contribution in [2.24, 2.45) is 0 Å². The van der Waals surface area contributed by atoms with E-state index in [9.17, 15) is 4.79 Å². The summed E-state index contributed by atoms with van der Waals surface area (Å²) in [6, 6.07) is 12.7. The quantitative estimate of drug-likeness (QED) is 0.623. The van der Waals surface area contributed by atoms with Crippen molar-refractivity contribution >= 4 is 23.1 Å². The minimum absolute atomic E-state index is 0.387. The minimum Gasteiger partial charge on any atom is -0.493 e. The number of carbonyl (C=O) groups excluding carboxylic acids is 1. The third-order valence-electron chi connectivity index (χ3n) is 2.96. The number of hydrogen-bond acceptors (Lipinski definition) is 3. The van der Waals surface area contributed by atoms with Crippen LogP contribution in [0.2, 0.25) is 5.02 Å². The number of methoxy groups -OCH3 is 1. The van der Waals surface area contributed by atoms with Crippen molar-refractivity contribution in [3.8, 4) is 11.5 Å². The summed E-state index contributed by atoms with van der Waals surface area (Å²) in [7, 11) is 1.52. The molecule has 0 aliphatic carbocycles. The van der Waals surface area contributed by atoms with Gasteiger partial charge >= 0.3 is 5.97 Å². The average Bonchev–Trinajstić information content (AvgIpc) is 2.47. The van der Waals surface area contributed by atoms with Crippen LogP contribution >= 0.6 is 11.6 Å². The highest BCUT2D eigenvalue weighted by Gasteiger charge is 2.10. The largest absolute Gasteiger partial charge is 0.493 e. The van der Waals surface area contributed by atoms with Crippen LogP contribution in [0.4, 0.5) is 0 Å². The van der Waals surface area contributed by atoms with E-state index >= 15 is 0 Å². The van der Waals surface area contributed by atoms with Crippen molar-refractivity contribution in [3.05, 3.63) is 65.2 Å². The number of esters is 1. The minimum atomic E-state index is -0.391. The van der Waals surface area contributed by atoms with Crippen molar-refractivity contribution in [3.63, 3.8) is 0 Å². The molecule has 2 aromatic carbocycles. The summed E-state index contributed by atoms with van der Waals surface area (Å²) in [6.45, 7) is 5.43. The second kappa shape index (κ2) is 6.46. The van der Waals surface area contributed by atoms with Gasteiger partial charge in [0.25, 0.3) is 0 Å². The van der Waals surface area contributed by atoms with Gasteiger partial charge in [-0.05, 0) is 41.0 Å². The van der Waals surface area contributed by atoms with Gasteiger partial charge in [0.1, 0.15) is 0 Å². The molecule has 0 heterocycles. The fraction of sp³-hybridized carbons (Fsp3) is 0.118. The van der Waals surface area contributed by atoms with Crippen molar-refractivity contribution in [1.29, 1.82) is 0 Å². The Hall–Kier alpha value is -2.26. The van der Waals surface area contributed by atoms with Crippen molar-refractivity contribution in [2.45, 2.75) is 6.92 Å². The van der Waals surface area contributed by atoms with Gasteiger partial charge in [0.2, 0.25) is 0 Å². The Morgan fingerprint density at radius 1 is 1.05 bits per heavy atom. The van der Waals surface area contributed by atoms with E-state index in [1.165, 1.54) is 14.0 Å². The van der Waals surface area contributed by atoms with Gasteiger partial charge in [0.15, 0.2) is 11.5 Å². The van der Waals surface area contributed by atoms with E-state index in [4.69, 9.17) is 21.1 Å². The van der Waals surface area contributed by atoms with Crippen LogP contribution in [0, 0.1) is 0 Å². The average molecular weight is 303 g/mol. The lowest BCUT2D eigenvalue weighted by Gasteiger charge is -2.12. The highest BCUT2D eigenvalue weighted by molar-refractivity contribution is 6.30. The maximum Gasteiger partial charge on any atom is 0.308 e. The molecule has 0 N–H and O–H groups in total. The van der Waals surface area contributed by atoms with Crippen molar-refractivity contribution in [1.82, 2.24) is 0 Å². The summed E-state index contributed by atoms with van der Waals surface area (Å²) in [5, 5.41) is 0.675. The van der Waals surface area contributed by atoms with Crippen LogP contribution in [0.5, 0.6) is 11.5 Å². The van der Waals surface area contributed by atoms with E-state index in [0.717, 1.165) is 16.7 Å². The van der Waals surface area contributed by atoms with E-state index in [1.54, 1.807) is 12.1 Å². The molecule has 0 aromatic heterocycles. The first-order valence-corrected chi connectivity index (χ1v) is 6.70. The second-order valence-electron chi connectivity index (χ2n) is 4.44. The van der Waals surface area contributed by atoms with Gasteiger partial charge in [-0.15, -0.1) is 0 Å². The molecular formula is C17H15ClO3. The molecule has 108 valence electrons. The Morgan fingerprint density at radius 2 is 1.67 bits per heavy atom. The van der Waals surface area contributed by atoms with Gasteiger partial charge in [-0.3, -0.25) is 4.79 Å². The van der Waals surface area contributed by atoms with Crippen LogP contribution in [-0.4, -0.2) is 13.1 Å². The predicted molar refractivity (Wildman–Crippen MR) is 83.9 cm³/mol. The lowest BCUT2D eigenvalue weighted by Crippen LogP contribution is -2.03. The van der Waals surface area contributed by atoms with Crippen LogP contribution < -0.4 is 9.47 Å². The van der Waals surface area contributed by atoms with Gasteiger partial charge in [0, 0.05) is 11.9 Å². The Kier molecular flexibility index (Phi) is 4.66. The highest BCUT2D eigenvalue weighted by atomic mass is 35.5. The molecule has 2 aromatic rings. The van der Waals surface area contributed by atoms with Crippen molar-refractivity contribution < 1.29 is 14.3 Å². The predicted octanol–water partition coefficient (Wildman–Crippen LogP) is 4.34. The van der Waals surface area contributed by atoms with Gasteiger partial charge in [0.05, 0.1) is 7.11 Å². The molecule has 0 aliphatic heterocycles. The molecule has 0 aliphatic rings. The molecular weight excluding hydrogens is 288 g/mol. The fourth-order valence-electron chi connectivity index (χ4n) is 1.91. The molecule has 0 fully saturated rings. The van der Waals surface area contributed by atoms with E-state index in [0.29, 0.717) is 16.5 Å². The zero-order chi connectivity index (χ0) is 15.4. The summed E-state index contributed by atoms with van der Waals surface area (Å²) in [5.41, 5.74) is 2.67. The monoisotopic (exact) mass is 302 g/mol. The SMILES string of the molecule is C=C(c1ccc(Cl)cc1)c1ccc(OC(C)=O)c(OC)c1. The van der Waals surface area contributed by atoms with Gasteiger partial charge in [-0.25, -0.2) is 0 Å². The Labute approximate surface area is 128 Å². The molecule has 21 heavy (non-hydrogen) atoms. The zero-order valence-electron chi connectivity index (χ0n) is 11.9. The van der Waals surface area contributed by atoms with Gasteiger partial charge in [-0.1, -0.05) is 36.4 Å². The number of halogens is 1. The Morgan fingerprint density at radius 3 is 2.24 bits per heavy atom. The fourth-order valence-corrected chi connectivity index (χ4v) is 2.04. The number of hydrogen-bond donors (Lipinski definition) is 0. The molecule has 2 rings (SSSR count). The second-order valence-corrected chi connectivity index (χ2v) is 4.88. The molecule has 4 heteroatoms. The van der Waals surface area contributed by atoms with Crippen LogP contribution in [-0.2, 0) is 4.79 Å². The van der Waals surface area contributed by atoms with Crippen LogP contribution in [0.3, 0.4) is 0 Å². The summed E-state index contributed by atoms with van der Waals surface area (Å²) in [6.07, 6.45) is 0. The molecule has 3 nitrogen and oxygen atoms in total. The number of carbonyl (C=O) groups is 1. The molecule has 0 unspecified atom stereocenters. The van der Waals surface area contributed by atoms with Gasteiger partial charge < -0.3 is 9.47 Å². The first-order chi connectivity index (χ1) is 10.0. The lowest BCUT2D eigenvalue weighted by atomic mass is 9.99. The highest BCUT2D eigenvalue weighted by Crippen LogP contribution is 2.32. The van der Waals surface area contributed by atoms with E-state index in [1.807, 2.05) is 30.3 Å². The molecule has 0 spiro atoms. The Bertz CT molecular complexity index is 675.